The summed E-state index contributed by atoms with van der Waals surface area (Å²) in [6, 6.07) is 5.87. The quantitative estimate of drug-likeness (QED) is 0.844. The van der Waals surface area contributed by atoms with E-state index in [1.807, 2.05) is 23.1 Å². The van der Waals surface area contributed by atoms with Crippen molar-refractivity contribution in [2.24, 2.45) is 0 Å². The highest BCUT2D eigenvalue weighted by atomic mass is 16.7. The van der Waals surface area contributed by atoms with Crippen molar-refractivity contribution in [1.29, 1.82) is 0 Å². The van der Waals surface area contributed by atoms with Crippen molar-refractivity contribution in [2.75, 3.05) is 13.3 Å². The van der Waals surface area contributed by atoms with E-state index in [1.54, 1.807) is 0 Å². The number of benzene rings is 1. The maximum absolute atomic E-state index is 12.6. The summed E-state index contributed by atoms with van der Waals surface area (Å²) >= 11 is 0. The topological polar surface area (TPSA) is 64.8 Å². The van der Waals surface area contributed by atoms with E-state index in [4.69, 9.17) is 13.9 Å². The Morgan fingerprint density at radius 2 is 2.12 bits per heavy atom. The number of aromatic nitrogens is 1. The van der Waals surface area contributed by atoms with Crippen LogP contribution in [0.5, 0.6) is 11.5 Å². The van der Waals surface area contributed by atoms with Crippen molar-refractivity contribution < 1.29 is 18.7 Å². The number of carbonyl (C=O) groups is 1. The van der Waals surface area contributed by atoms with Crippen LogP contribution in [0.15, 0.2) is 22.6 Å². The van der Waals surface area contributed by atoms with Crippen LogP contribution in [0, 0.1) is 0 Å². The maximum Gasteiger partial charge on any atom is 0.231 e. The van der Waals surface area contributed by atoms with Crippen LogP contribution in [0.1, 0.15) is 54.5 Å². The SMILES string of the molecule is O=C(CCc1ccc2c(c1)OCO2)N1CCc2oc(C3CCC3)nc2C1. The van der Waals surface area contributed by atoms with Gasteiger partial charge in [0.15, 0.2) is 17.4 Å². The van der Waals surface area contributed by atoms with Crippen molar-refractivity contribution in [3.05, 3.63) is 41.1 Å². The zero-order valence-corrected chi connectivity index (χ0v) is 14.7. The smallest absolute Gasteiger partial charge is 0.231 e. The van der Waals surface area contributed by atoms with Crippen LogP contribution < -0.4 is 9.47 Å². The van der Waals surface area contributed by atoms with Gasteiger partial charge in [-0.3, -0.25) is 4.79 Å². The first-order valence-corrected chi connectivity index (χ1v) is 9.41. The third-order valence-electron chi connectivity index (χ3n) is 5.62. The van der Waals surface area contributed by atoms with E-state index in [2.05, 4.69) is 4.98 Å². The molecule has 2 aliphatic heterocycles. The number of hydrogen-bond donors (Lipinski definition) is 0. The lowest BCUT2D eigenvalue weighted by molar-refractivity contribution is -0.132. The number of rotatable bonds is 4. The molecule has 26 heavy (non-hydrogen) atoms. The van der Waals surface area contributed by atoms with Crippen LogP contribution >= 0.6 is 0 Å². The standard InChI is InChI=1S/C20H22N2O4/c23-19(7-5-13-4-6-17-18(10-13)25-12-24-17)22-9-8-16-15(11-22)21-20(26-16)14-2-1-3-14/h4,6,10,14H,1-3,5,7-9,11-12H2. The largest absolute Gasteiger partial charge is 0.454 e. The monoisotopic (exact) mass is 354 g/mol. The fourth-order valence-corrected chi connectivity index (χ4v) is 3.77. The Kier molecular flexibility index (Phi) is 3.84. The molecule has 0 bridgehead atoms. The predicted molar refractivity (Wildman–Crippen MR) is 93.1 cm³/mol. The van der Waals surface area contributed by atoms with Crippen molar-refractivity contribution in [1.82, 2.24) is 9.88 Å². The minimum atomic E-state index is 0.168. The second-order valence-electron chi connectivity index (χ2n) is 7.30. The minimum Gasteiger partial charge on any atom is -0.454 e. The molecule has 1 fully saturated rings. The second kappa shape index (κ2) is 6.34. The summed E-state index contributed by atoms with van der Waals surface area (Å²) in [7, 11) is 0. The van der Waals surface area contributed by atoms with Gasteiger partial charge in [0.1, 0.15) is 11.5 Å². The molecule has 0 atom stereocenters. The molecule has 0 unspecified atom stereocenters. The van der Waals surface area contributed by atoms with E-state index in [0.29, 0.717) is 31.8 Å². The Labute approximate surface area is 152 Å². The number of ether oxygens (including phenoxy) is 2. The molecule has 5 rings (SSSR count). The Morgan fingerprint density at radius 1 is 1.23 bits per heavy atom. The third kappa shape index (κ3) is 2.83. The molecule has 3 heterocycles. The molecule has 1 saturated carbocycles. The molecule has 136 valence electrons. The van der Waals surface area contributed by atoms with Crippen LogP contribution in [0.4, 0.5) is 0 Å². The fourth-order valence-electron chi connectivity index (χ4n) is 3.77. The molecule has 1 aliphatic carbocycles. The van der Waals surface area contributed by atoms with Gasteiger partial charge in [-0.15, -0.1) is 0 Å². The van der Waals surface area contributed by atoms with E-state index < -0.39 is 0 Å². The summed E-state index contributed by atoms with van der Waals surface area (Å²) < 4.78 is 16.7. The highest BCUT2D eigenvalue weighted by molar-refractivity contribution is 5.76. The van der Waals surface area contributed by atoms with Gasteiger partial charge >= 0.3 is 0 Å². The highest BCUT2D eigenvalue weighted by Crippen LogP contribution is 2.37. The average molecular weight is 354 g/mol. The summed E-state index contributed by atoms with van der Waals surface area (Å²) in [5.41, 5.74) is 2.04. The number of hydrogen-bond acceptors (Lipinski definition) is 5. The lowest BCUT2D eigenvalue weighted by Gasteiger charge is -2.25. The molecule has 3 aliphatic rings. The molecule has 0 saturated heterocycles. The van der Waals surface area contributed by atoms with Crippen LogP contribution in [0.2, 0.25) is 0 Å². The number of aryl methyl sites for hydroxylation is 1. The molecule has 2 aromatic rings. The van der Waals surface area contributed by atoms with Gasteiger partial charge in [-0.05, 0) is 37.0 Å². The average Bonchev–Trinajstić information content (AvgIpc) is 3.23. The van der Waals surface area contributed by atoms with Crippen molar-refractivity contribution in [3.8, 4) is 11.5 Å². The van der Waals surface area contributed by atoms with Gasteiger partial charge in [0, 0.05) is 25.3 Å². The van der Waals surface area contributed by atoms with Crippen LogP contribution in [0.25, 0.3) is 0 Å². The predicted octanol–water partition coefficient (Wildman–Crippen LogP) is 3.19. The van der Waals surface area contributed by atoms with Gasteiger partial charge < -0.3 is 18.8 Å². The van der Waals surface area contributed by atoms with Gasteiger partial charge in [0.25, 0.3) is 0 Å². The second-order valence-corrected chi connectivity index (χ2v) is 7.30. The first kappa shape index (κ1) is 15.7. The van der Waals surface area contributed by atoms with Gasteiger partial charge in [0.05, 0.1) is 6.54 Å². The van der Waals surface area contributed by atoms with Crippen molar-refractivity contribution in [3.63, 3.8) is 0 Å². The summed E-state index contributed by atoms with van der Waals surface area (Å²) in [6.45, 7) is 1.56. The van der Waals surface area contributed by atoms with Gasteiger partial charge in [-0.2, -0.15) is 0 Å². The Morgan fingerprint density at radius 3 is 2.96 bits per heavy atom. The van der Waals surface area contributed by atoms with E-state index >= 15 is 0 Å². The molecule has 0 radical (unpaired) electrons. The molecule has 1 amide bonds. The van der Waals surface area contributed by atoms with E-state index in [-0.39, 0.29) is 12.7 Å². The number of amides is 1. The first-order valence-electron chi connectivity index (χ1n) is 9.41. The normalized spacial score (nSPS) is 18.5. The lowest BCUT2D eigenvalue weighted by Crippen LogP contribution is -2.35. The van der Waals surface area contributed by atoms with Gasteiger partial charge in [-0.1, -0.05) is 12.5 Å². The van der Waals surface area contributed by atoms with E-state index in [1.165, 1.54) is 19.3 Å². The molecule has 6 nitrogen and oxygen atoms in total. The molecular weight excluding hydrogens is 332 g/mol. The van der Waals surface area contributed by atoms with Crippen LogP contribution in [-0.2, 0) is 24.2 Å². The van der Waals surface area contributed by atoms with Gasteiger partial charge in [0.2, 0.25) is 12.7 Å². The highest BCUT2D eigenvalue weighted by Gasteiger charge is 2.30. The van der Waals surface area contributed by atoms with Crippen molar-refractivity contribution in [2.45, 2.75) is 51.0 Å². The summed E-state index contributed by atoms with van der Waals surface area (Å²) in [6.07, 6.45) is 5.58. The minimum absolute atomic E-state index is 0.168. The summed E-state index contributed by atoms with van der Waals surface area (Å²) in [4.78, 5) is 19.2. The lowest BCUT2D eigenvalue weighted by atomic mass is 9.85. The molecule has 1 aromatic heterocycles. The summed E-state index contributed by atoms with van der Waals surface area (Å²) in [5.74, 6) is 4.07. The number of carbonyl (C=O) groups excluding carboxylic acids is 1. The molecule has 1 aromatic carbocycles. The van der Waals surface area contributed by atoms with Crippen molar-refractivity contribution >= 4 is 5.91 Å². The van der Waals surface area contributed by atoms with E-state index in [9.17, 15) is 4.79 Å². The zero-order chi connectivity index (χ0) is 17.5. The Bertz CT molecular complexity index is 840. The fraction of sp³-hybridized carbons (Fsp3) is 0.500. The first-order chi connectivity index (χ1) is 12.8. The number of nitrogens with zero attached hydrogens (tertiary/aromatic N) is 2. The van der Waals surface area contributed by atoms with Crippen LogP contribution in [-0.4, -0.2) is 29.1 Å². The Balaban J connectivity index is 1.20. The van der Waals surface area contributed by atoms with E-state index in [0.717, 1.165) is 40.8 Å². The third-order valence-corrected chi connectivity index (χ3v) is 5.62. The molecular formula is C20H22N2O4. The van der Waals surface area contributed by atoms with Crippen LogP contribution in [0.3, 0.4) is 0 Å². The number of fused-ring (bicyclic) bond motifs is 2. The Hall–Kier alpha value is -2.50. The maximum atomic E-state index is 12.6. The van der Waals surface area contributed by atoms with Gasteiger partial charge in [-0.25, -0.2) is 4.98 Å². The molecule has 6 heteroatoms. The molecule has 0 N–H and O–H groups in total. The number of oxazole rings is 1. The summed E-state index contributed by atoms with van der Waals surface area (Å²) in [5, 5.41) is 0. The molecule has 0 spiro atoms. The zero-order valence-electron chi connectivity index (χ0n) is 14.7.